The number of likely N-dealkylation sites (tertiary alicyclic amines) is 1. The maximum Gasteiger partial charge on any atom is 0.469 e. The Hall–Kier alpha value is -3.11. The minimum absolute atomic E-state index is 0.166. The standard InChI is InChI=1S/C23H28N3O8P/c1-15(27)25-19(14-34-35(31,32)33)21(28)23(30)26-12-4-7-20(26)22(29)24-11-10-16-8-9-17-5-2-3-6-18(17)13-16/h2-3,5-6,8-9,13,19-20H,4,7,10-12,14H2,1H3,(H,24,29)(H,25,27)(H2,31,32,33)/t19-,20-/m0/s1. The van der Waals surface area contributed by atoms with Gasteiger partial charge in [-0.3, -0.25) is 23.7 Å². The van der Waals surface area contributed by atoms with Gasteiger partial charge < -0.3 is 25.3 Å². The number of hydrogen-bond acceptors (Lipinski definition) is 6. The molecule has 1 saturated heterocycles. The molecule has 3 rings (SSSR count). The summed E-state index contributed by atoms with van der Waals surface area (Å²) in [5, 5.41) is 7.19. The Labute approximate surface area is 202 Å². The predicted molar refractivity (Wildman–Crippen MR) is 126 cm³/mol. The Bertz CT molecular complexity index is 1160. The monoisotopic (exact) mass is 505 g/mol. The van der Waals surface area contributed by atoms with E-state index in [-0.39, 0.29) is 6.54 Å². The first-order chi connectivity index (χ1) is 16.5. The molecule has 2 aromatic carbocycles. The second-order valence-electron chi connectivity index (χ2n) is 8.28. The van der Waals surface area contributed by atoms with E-state index < -0.39 is 50.0 Å². The summed E-state index contributed by atoms with van der Waals surface area (Å²) in [5.41, 5.74) is 1.04. The van der Waals surface area contributed by atoms with E-state index in [1.807, 2.05) is 42.5 Å². The quantitative estimate of drug-likeness (QED) is 0.271. The number of nitrogens with zero attached hydrogens (tertiary/aromatic N) is 1. The van der Waals surface area contributed by atoms with Crippen molar-refractivity contribution >= 4 is 42.1 Å². The lowest BCUT2D eigenvalue weighted by atomic mass is 10.1. The summed E-state index contributed by atoms with van der Waals surface area (Å²) in [6.45, 7) is 0.711. The molecule has 4 N–H and O–H groups in total. The summed E-state index contributed by atoms with van der Waals surface area (Å²) in [5.74, 6) is -3.23. The summed E-state index contributed by atoms with van der Waals surface area (Å²) in [7, 11) is -4.93. The van der Waals surface area contributed by atoms with E-state index >= 15 is 0 Å². The third kappa shape index (κ3) is 7.43. The molecule has 0 bridgehead atoms. The van der Waals surface area contributed by atoms with Crippen molar-refractivity contribution in [3.8, 4) is 0 Å². The molecule has 0 aliphatic carbocycles. The van der Waals surface area contributed by atoms with Crippen LogP contribution in [0.15, 0.2) is 42.5 Å². The van der Waals surface area contributed by atoms with E-state index in [2.05, 4.69) is 15.2 Å². The topological polar surface area (TPSA) is 162 Å². The largest absolute Gasteiger partial charge is 0.469 e. The van der Waals surface area contributed by atoms with Gasteiger partial charge >= 0.3 is 7.82 Å². The van der Waals surface area contributed by atoms with Crippen LogP contribution >= 0.6 is 7.82 Å². The summed E-state index contributed by atoms with van der Waals surface area (Å²) < 4.78 is 15.3. The number of carbonyl (C=O) groups is 4. The molecule has 0 saturated carbocycles. The molecular weight excluding hydrogens is 477 g/mol. The lowest BCUT2D eigenvalue weighted by Crippen LogP contribution is -2.54. The Morgan fingerprint density at radius 1 is 1.14 bits per heavy atom. The number of phosphoric ester groups is 1. The zero-order valence-electron chi connectivity index (χ0n) is 19.2. The van der Waals surface area contributed by atoms with Crippen LogP contribution in [-0.4, -0.2) is 70.0 Å². The van der Waals surface area contributed by atoms with Crippen LogP contribution in [0.5, 0.6) is 0 Å². The molecule has 2 aromatic rings. The van der Waals surface area contributed by atoms with Gasteiger partial charge in [-0.15, -0.1) is 0 Å². The van der Waals surface area contributed by atoms with Gasteiger partial charge in [0.05, 0.1) is 6.61 Å². The lowest BCUT2D eigenvalue weighted by molar-refractivity contribution is -0.149. The molecule has 2 atom stereocenters. The van der Waals surface area contributed by atoms with E-state index in [9.17, 15) is 23.7 Å². The first-order valence-electron chi connectivity index (χ1n) is 11.1. The number of fused-ring (bicyclic) bond motifs is 1. The maximum absolute atomic E-state index is 12.8. The molecule has 12 heteroatoms. The Morgan fingerprint density at radius 3 is 2.54 bits per heavy atom. The minimum atomic E-state index is -4.93. The predicted octanol–water partition coefficient (Wildman–Crippen LogP) is 0.673. The summed E-state index contributed by atoms with van der Waals surface area (Å²) in [6.07, 6.45) is 1.46. The highest BCUT2D eigenvalue weighted by Gasteiger charge is 2.39. The zero-order chi connectivity index (χ0) is 25.6. The van der Waals surface area contributed by atoms with Crippen molar-refractivity contribution < 1.29 is 38.1 Å². The van der Waals surface area contributed by atoms with Crippen molar-refractivity contribution in [3.63, 3.8) is 0 Å². The molecule has 0 radical (unpaired) electrons. The van der Waals surface area contributed by atoms with Crippen molar-refractivity contribution in [1.29, 1.82) is 0 Å². The maximum atomic E-state index is 12.8. The third-order valence-corrected chi connectivity index (χ3v) is 6.14. The smallest absolute Gasteiger partial charge is 0.354 e. The molecule has 0 unspecified atom stereocenters. The molecule has 11 nitrogen and oxygen atoms in total. The van der Waals surface area contributed by atoms with E-state index in [0.29, 0.717) is 25.8 Å². The molecule has 0 aromatic heterocycles. The fourth-order valence-electron chi connectivity index (χ4n) is 4.01. The van der Waals surface area contributed by atoms with Gasteiger partial charge in [-0.05, 0) is 35.6 Å². The normalized spacial score (nSPS) is 16.7. The van der Waals surface area contributed by atoms with E-state index in [1.165, 1.54) is 0 Å². The molecule has 3 amide bonds. The van der Waals surface area contributed by atoms with Crippen LogP contribution in [0, 0.1) is 0 Å². The molecule has 1 aliphatic rings. The fraction of sp³-hybridized carbons (Fsp3) is 0.391. The Morgan fingerprint density at radius 2 is 1.86 bits per heavy atom. The molecule has 1 aliphatic heterocycles. The first-order valence-corrected chi connectivity index (χ1v) is 12.7. The van der Waals surface area contributed by atoms with Crippen LogP contribution in [0.25, 0.3) is 10.8 Å². The van der Waals surface area contributed by atoms with Crippen LogP contribution in [0.3, 0.4) is 0 Å². The summed E-state index contributed by atoms with van der Waals surface area (Å²) in [6, 6.07) is 11.5. The van der Waals surface area contributed by atoms with Gasteiger partial charge in [0.25, 0.3) is 5.91 Å². The summed E-state index contributed by atoms with van der Waals surface area (Å²) in [4.78, 5) is 68.6. The van der Waals surface area contributed by atoms with Crippen LogP contribution in [0.2, 0.25) is 0 Å². The third-order valence-electron chi connectivity index (χ3n) is 5.66. The van der Waals surface area contributed by atoms with Gasteiger partial charge in [0.2, 0.25) is 17.6 Å². The Kier molecular flexibility index (Phi) is 8.74. The highest BCUT2D eigenvalue weighted by atomic mass is 31.2. The van der Waals surface area contributed by atoms with Crippen LogP contribution < -0.4 is 10.6 Å². The second kappa shape index (κ2) is 11.5. The molecule has 35 heavy (non-hydrogen) atoms. The number of amides is 3. The fourth-order valence-corrected chi connectivity index (χ4v) is 4.36. The van der Waals surface area contributed by atoms with E-state index in [0.717, 1.165) is 28.2 Å². The van der Waals surface area contributed by atoms with Gasteiger partial charge in [-0.25, -0.2) is 4.57 Å². The molecule has 1 fully saturated rings. The lowest BCUT2D eigenvalue weighted by Gasteiger charge is -2.25. The first kappa shape index (κ1) is 26.5. The van der Waals surface area contributed by atoms with Gasteiger partial charge in [0, 0.05) is 20.0 Å². The van der Waals surface area contributed by atoms with Crippen molar-refractivity contribution in [1.82, 2.24) is 15.5 Å². The van der Waals surface area contributed by atoms with E-state index in [4.69, 9.17) is 9.79 Å². The minimum Gasteiger partial charge on any atom is -0.354 e. The van der Waals surface area contributed by atoms with Gasteiger partial charge in [0.1, 0.15) is 12.1 Å². The van der Waals surface area contributed by atoms with Gasteiger partial charge in [-0.1, -0.05) is 42.5 Å². The van der Waals surface area contributed by atoms with Crippen LogP contribution in [0.4, 0.5) is 0 Å². The average Bonchev–Trinajstić information content (AvgIpc) is 3.30. The number of phosphoric acid groups is 1. The van der Waals surface area contributed by atoms with Crippen molar-refractivity contribution in [2.24, 2.45) is 0 Å². The highest BCUT2D eigenvalue weighted by molar-refractivity contribution is 7.46. The number of rotatable bonds is 10. The number of hydrogen-bond donors (Lipinski definition) is 4. The van der Waals surface area contributed by atoms with Crippen LogP contribution in [0.1, 0.15) is 25.3 Å². The molecule has 0 spiro atoms. The highest BCUT2D eigenvalue weighted by Crippen LogP contribution is 2.35. The summed E-state index contributed by atoms with van der Waals surface area (Å²) >= 11 is 0. The van der Waals surface area contributed by atoms with Crippen LogP contribution in [-0.2, 0) is 34.7 Å². The Balaban J connectivity index is 1.59. The van der Waals surface area contributed by atoms with Gasteiger partial charge in [-0.2, -0.15) is 0 Å². The van der Waals surface area contributed by atoms with Crippen molar-refractivity contribution in [2.45, 2.75) is 38.3 Å². The van der Waals surface area contributed by atoms with Crippen molar-refractivity contribution in [3.05, 3.63) is 48.0 Å². The SMILES string of the molecule is CC(=O)N[C@@H](COP(=O)(O)O)C(=O)C(=O)N1CCC[C@H]1C(=O)NCCc1ccc2ccccc2c1. The number of benzene rings is 2. The number of Topliss-reactive ketones (excluding diaryl/α,β-unsaturated/α-hetero) is 1. The van der Waals surface area contributed by atoms with Crippen molar-refractivity contribution in [2.75, 3.05) is 19.7 Å². The average molecular weight is 505 g/mol. The number of ketones is 1. The zero-order valence-corrected chi connectivity index (χ0v) is 20.1. The number of nitrogens with one attached hydrogen (secondary N) is 2. The number of carbonyl (C=O) groups excluding carboxylic acids is 4. The molecule has 188 valence electrons. The van der Waals surface area contributed by atoms with Gasteiger partial charge in [0.15, 0.2) is 0 Å². The molecular formula is C23H28N3O8P. The molecule has 1 heterocycles. The van der Waals surface area contributed by atoms with E-state index in [1.54, 1.807) is 0 Å². The second-order valence-corrected chi connectivity index (χ2v) is 9.52.